The van der Waals surface area contributed by atoms with E-state index in [2.05, 4.69) is 21.2 Å². The van der Waals surface area contributed by atoms with E-state index in [1.807, 2.05) is 12.1 Å². The minimum absolute atomic E-state index is 0.383. The molecule has 4 nitrogen and oxygen atoms in total. The van der Waals surface area contributed by atoms with Crippen molar-refractivity contribution in [2.75, 3.05) is 24.5 Å². The van der Waals surface area contributed by atoms with Gasteiger partial charge in [-0.15, -0.1) is 0 Å². The Bertz CT molecular complexity index is 538. The van der Waals surface area contributed by atoms with Crippen LogP contribution in [-0.4, -0.2) is 31.3 Å². The maximum atomic E-state index is 12.1. The van der Waals surface area contributed by atoms with Crippen molar-refractivity contribution < 1.29 is 9.59 Å². The molecule has 2 aliphatic rings. The molecule has 1 N–H and O–H groups in total. The number of nitrogens with zero attached hydrogens (tertiary/aromatic N) is 1. The van der Waals surface area contributed by atoms with Crippen molar-refractivity contribution >= 4 is 33.3 Å². The number of ketones is 1. The van der Waals surface area contributed by atoms with E-state index < -0.39 is 0 Å². The third-order valence-electron chi connectivity index (χ3n) is 3.83. The number of piperidine rings is 1. The fourth-order valence-corrected chi connectivity index (χ4v) is 3.14. The summed E-state index contributed by atoms with van der Waals surface area (Å²) in [5, 5.41) is 3.31. The summed E-state index contributed by atoms with van der Waals surface area (Å²) in [6.45, 7) is 2.64. The largest absolute Gasteiger partial charge is 0.317 e. The molecular formula is C14H15BrN2O2. The minimum Gasteiger partial charge on any atom is -0.317 e. The molecule has 0 saturated carbocycles. The van der Waals surface area contributed by atoms with Crippen molar-refractivity contribution in [1.29, 1.82) is 0 Å². The lowest BCUT2D eigenvalue weighted by atomic mass is 9.97. The lowest BCUT2D eigenvalue weighted by molar-refractivity contribution is -0.114. The molecule has 100 valence electrons. The summed E-state index contributed by atoms with van der Waals surface area (Å²) in [5.41, 5.74) is 1.28. The summed E-state index contributed by atoms with van der Waals surface area (Å²) in [5.74, 6) is -0.288. The molecule has 0 unspecified atom stereocenters. The van der Waals surface area contributed by atoms with Crippen LogP contribution in [0.1, 0.15) is 23.2 Å². The number of hydrogen-bond acceptors (Lipinski definition) is 3. The Labute approximate surface area is 120 Å². The molecule has 5 heteroatoms. The lowest BCUT2D eigenvalue weighted by Gasteiger charge is -2.27. The van der Waals surface area contributed by atoms with Gasteiger partial charge in [0.15, 0.2) is 0 Å². The molecule has 0 bridgehead atoms. The number of nitrogens with one attached hydrogen (secondary N) is 1. The second kappa shape index (κ2) is 5.06. The van der Waals surface area contributed by atoms with Crippen molar-refractivity contribution in [2.45, 2.75) is 12.8 Å². The highest BCUT2D eigenvalue weighted by Gasteiger charge is 2.36. The van der Waals surface area contributed by atoms with E-state index in [-0.39, 0.29) is 11.7 Å². The van der Waals surface area contributed by atoms with Crippen molar-refractivity contribution in [1.82, 2.24) is 5.32 Å². The standard InChI is InChI=1S/C14H15BrN2O2/c15-10-1-2-12-11(7-10)13(18)14(19)17(12)8-9-3-5-16-6-4-9/h1-2,7,9,16H,3-6,8H2. The zero-order valence-corrected chi connectivity index (χ0v) is 12.1. The Hall–Kier alpha value is -1.20. The Morgan fingerprint density at radius 1 is 1.26 bits per heavy atom. The van der Waals surface area contributed by atoms with E-state index in [0.717, 1.165) is 36.1 Å². The van der Waals surface area contributed by atoms with Gasteiger partial charge >= 0.3 is 0 Å². The van der Waals surface area contributed by atoms with Crippen LogP contribution in [-0.2, 0) is 4.79 Å². The zero-order chi connectivity index (χ0) is 13.4. The van der Waals surface area contributed by atoms with Gasteiger partial charge < -0.3 is 10.2 Å². The van der Waals surface area contributed by atoms with Crippen molar-refractivity contribution in [3.05, 3.63) is 28.2 Å². The number of hydrogen-bond donors (Lipinski definition) is 1. The highest BCUT2D eigenvalue weighted by molar-refractivity contribution is 9.10. The van der Waals surface area contributed by atoms with Crippen molar-refractivity contribution in [3.8, 4) is 0 Å². The monoisotopic (exact) mass is 322 g/mol. The Balaban J connectivity index is 1.86. The summed E-state index contributed by atoms with van der Waals surface area (Å²) in [7, 11) is 0. The molecule has 2 aliphatic heterocycles. The average Bonchev–Trinajstić information content (AvgIpc) is 2.65. The first-order valence-electron chi connectivity index (χ1n) is 6.53. The molecule has 0 aromatic heterocycles. The Kier molecular flexibility index (Phi) is 3.41. The van der Waals surface area contributed by atoms with Crippen LogP contribution in [0.4, 0.5) is 5.69 Å². The van der Waals surface area contributed by atoms with Crippen LogP contribution in [0.5, 0.6) is 0 Å². The van der Waals surface area contributed by atoms with E-state index in [1.165, 1.54) is 0 Å². The van der Waals surface area contributed by atoms with Crippen molar-refractivity contribution in [3.63, 3.8) is 0 Å². The first-order chi connectivity index (χ1) is 9.16. The summed E-state index contributed by atoms with van der Waals surface area (Å²) >= 11 is 3.34. The van der Waals surface area contributed by atoms with Crippen LogP contribution in [0.2, 0.25) is 0 Å². The number of rotatable bonds is 2. The maximum Gasteiger partial charge on any atom is 0.299 e. The van der Waals surface area contributed by atoms with Crippen LogP contribution in [0.3, 0.4) is 0 Å². The van der Waals surface area contributed by atoms with E-state index in [9.17, 15) is 9.59 Å². The van der Waals surface area contributed by atoms with Crippen LogP contribution in [0.15, 0.2) is 22.7 Å². The molecule has 0 spiro atoms. The second-order valence-electron chi connectivity index (χ2n) is 5.10. The van der Waals surface area contributed by atoms with E-state index in [1.54, 1.807) is 11.0 Å². The predicted molar refractivity (Wildman–Crippen MR) is 76.4 cm³/mol. The number of amides is 1. The minimum atomic E-state index is -0.384. The summed E-state index contributed by atoms with van der Waals surface area (Å²) in [4.78, 5) is 25.7. The maximum absolute atomic E-state index is 12.1. The van der Waals surface area contributed by atoms with Gasteiger partial charge in [0, 0.05) is 11.0 Å². The zero-order valence-electron chi connectivity index (χ0n) is 10.5. The number of Topliss-reactive ketones (excluding diaryl/α,β-unsaturated/α-hetero) is 1. The average molecular weight is 323 g/mol. The second-order valence-corrected chi connectivity index (χ2v) is 6.02. The molecule has 0 atom stereocenters. The van der Waals surface area contributed by atoms with Crippen LogP contribution in [0.25, 0.3) is 0 Å². The number of halogens is 1. The van der Waals surface area contributed by atoms with Gasteiger partial charge in [-0.05, 0) is 50.0 Å². The summed E-state index contributed by atoms with van der Waals surface area (Å²) < 4.78 is 0.830. The first-order valence-corrected chi connectivity index (χ1v) is 7.32. The molecule has 1 aromatic carbocycles. The first kappa shape index (κ1) is 12.8. The summed E-state index contributed by atoms with van der Waals surface area (Å²) in [6.07, 6.45) is 2.12. The topological polar surface area (TPSA) is 49.4 Å². The molecule has 1 aromatic rings. The van der Waals surface area contributed by atoms with Gasteiger partial charge in [0.1, 0.15) is 0 Å². The molecule has 3 rings (SSSR count). The highest BCUT2D eigenvalue weighted by atomic mass is 79.9. The quantitative estimate of drug-likeness (QED) is 0.847. The van der Waals surface area contributed by atoms with Gasteiger partial charge in [0.05, 0.1) is 11.3 Å². The van der Waals surface area contributed by atoms with Gasteiger partial charge in [0.2, 0.25) is 0 Å². The van der Waals surface area contributed by atoms with Crippen LogP contribution in [0, 0.1) is 5.92 Å². The fraction of sp³-hybridized carbons (Fsp3) is 0.429. The smallest absolute Gasteiger partial charge is 0.299 e. The third kappa shape index (κ3) is 2.32. The number of anilines is 1. The van der Waals surface area contributed by atoms with Gasteiger partial charge in [-0.25, -0.2) is 0 Å². The van der Waals surface area contributed by atoms with Gasteiger partial charge in [-0.2, -0.15) is 0 Å². The molecule has 1 amide bonds. The van der Waals surface area contributed by atoms with E-state index >= 15 is 0 Å². The highest BCUT2D eigenvalue weighted by Crippen LogP contribution is 2.32. The molecule has 1 saturated heterocycles. The molecule has 0 aliphatic carbocycles. The van der Waals surface area contributed by atoms with E-state index in [4.69, 9.17) is 0 Å². The van der Waals surface area contributed by atoms with E-state index in [0.29, 0.717) is 18.0 Å². The molecule has 1 fully saturated rings. The Morgan fingerprint density at radius 2 is 2.00 bits per heavy atom. The number of carbonyl (C=O) groups excluding carboxylic acids is 2. The third-order valence-corrected chi connectivity index (χ3v) is 4.33. The van der Waals surface area contributed by atoms with Crippen LogP contribution >= 0.6 is 15.9 Å². The summed E-state index contributed by atoms with van der Waals surface area (Å²) in [6, 6.07) is 5.46. The number of fused-ring (bicyclic) bond motifs is 1. The van der Waals surface area contributed by atoms with Gasteiger partial charge in [-0.3, -0.25) is 9.59 Å². The molecule has 0 radical (unpaired) electrons. The van der Waals surface area contributed by atoms with Crippen LogP contribution < -0.4 is 10.2 Å². The van der Waals surface area contributed by atoms with Gasteiger partial charge in [0.25, 0.3) is 11.7 Å². The normalized spacial score (nSPS) is 19.9. The predicted octanol–water partition coefficient (Wildman–Crippen LogP) is 1.98. The molecular weight excluding hydrogens is 308 g/mol. The molecule has 19 heavy (non-hydrogen) atoms. The van der Waals surface area contributed by atoms with Gasteiger partial charge in [-0.1, -0.05) is 15.9 Å². The van der Waals surface area contributed by atoms with Crippen molar-refractivity contribution in [2.24, 2.45) is 5.92 Å². The fourth-order valence-electron chi connectivity index (χ4n) is 2.78. The molecule has 2 heterocycles. The lowest BCUT2D eigenvalue weighted by Crippen LogP contribution is -2.38. The SMILES string of the molecule is O=C1C(=O)N(CC2CCNCC2)c2ccc(Br)cc21. The number of carbonyl (C=O) groups is 2. The number of benzene rings is 1. The Morgan fingerprint density at radius 3 is 2.74 bits per heavy atom.